The standard InChI is InChI=1S/C16H17O/c1-2-14-8-10-16(11-9-14)17-13-12-15-6-4-3-5-7-15/h3-11H,1-2,12-13H2. The number of hydrogen-bond acceptors (Lipinski definition) is 1. The number of ether oxygens (including phenoxy) is 1. The average molecular weight is 225 g/mol. The molecule has 0 aromatic heterocycles. The van der Waals surface area contributed by atoms with Gasteiger partial charge < -0.3 is 4.74 Å². The summed E-state index contributed by atoms with van der Waals surface area (Å²) in [5.41, 5.74) is 2.54. The molecule has 0 N–H and O–H groups in total. The van der Waals surface area contributed by atoms with Gasteiger partial charge in [-0.05, 0) is 36.6 Å². The highest BCUT2D eigenvalue weighted by atomic mass is 16.5. The Morgan fingerprint density at radius 3 is 2.18 bits per heavy atom. The summed E-state index contributed by atoms with van der Waals surface area (Å²) < 4.78 is 5.69. The first kappa shape index (κ1) is 11.7. The normalized spacial score (nSPS) is 10.2. The molecule has 1 radical (unpaired) electrons. The fourth-order valence-electron chi connectivity index (χ4n) is 1.68. The van der Waals surface area contributed by atoms with Crippen LogP contribution in [0.4, 0.5) is 0 Å². The van der Waals surface area contributed by atoms with Crippen LogP contribution in [0.1, 0.15) is 11.1 Å². The predicted octanol–water partition coefficient (Wildman–Crippen LogP) is 3.68. The Morgan fingerprint density at radius 1 is 0.824 bits per heavy atom. The monoisotopic (exact) mass is 225 g/mol. The van der Waals surface area contributed by atoms with Crippen LogP contribution in [0, 0.1) is 6.92 Å². The molecule has 2 aromatic rings. The molecule has 0 saturated heterocycles. The van der Waals surface area contributed by atoms with E-state index < -0.39 is 0 Å². The summed E-state index contributed by atoms with van der Waals surface area (Å²) in [7, 11) is 0. The van der Waals surface area contributed by atoms with Crippen molar-refractivity contribution in [1.82, 2.24) is 0 Å². The van der Waals surface area contributed by atoms with Crippen LogP contribution in [-0.4, -0.2) is 6.61 Å². The van der Waals surface area contributed by atoms with E-state index in [9.17, 15) is 0 Å². The van der Waals surface area contributed by atoms with Crippen molar-refractivity contribution < 1.29 is 4.74 Å². The topological polar surface area (TPSA) is 9.23 Å². The lowest BCUT2D eigenvalue weighted by atomic mass is 10.1. The van der Waals surface area contributed by atoms with Gasteiger partial charge in [-0.3, -0.25) is 0 Å². The first-order valence-corrected chi connectivity index (χ1v) is 5.93. The van der Waals surface area contributed by atoms with Crippen molar-refractivity contribution in [3.05, 3.63) is 72.6 Å². The minimum absolute atomic E-state index is 0.716. The fourth-order valence-corrected chi connectivity index (χ4v) is 1.68. The van der Waals surface area contributed by atoms with Crippen molar-refractivity contribution >= 4 is 0 Å². The van der Waals surface area contributed by atoms with Crippen molar-refractivity contribution in [2.24, 2.45) is 0 Å². The molecule has 0 heterocycles. The zero-order valence-electron chi connectivity index (χ0n) is 9.93. The summed E-state index contributed by atoms with van der Waals surface area (Å²) in [6, 6.07) is 18.5. The first-order chi connectivity index (χ1) is 8.38. The maximum Gasteiger partial charge on any atom is 0.119 e. The van der Waals surface area contributed by atoms with Crippen molar-refractivity contribution in [3.8, 4) is 5.75 Å². The van der Waals surface area contributed by atoms with Crippen LogP contribution in [0.15, 0.2) is 54.6 Å². The second kappa shape index (κ2) is 6.09. The van der Waals surface area contributed by atoms with E-state index in [2.05, 4.69) is 43.3 Å². The molecule has 1 nitrogen and oxygen atoms in total. The summed E-state index contributed by atoms with van der Waals surface area (Å²) in [4.78, 5) is 0. The summed E-state index contributed by atoms with van der Waals surface area (Å²) in [6.07, 6.45) is 1.77. The second-order valence-corrected chi connectivity index (χ2v) is 3.98. The Bertz CT molecular complexity index is 431. The van der Waals surface area contributed by atoms with Crippen LogP contribution in [-0.2, 0) is 12.8 Å². The summed E-state index contributed by atoms with van der Waals surface area (Å²) in [5.74, 6) is 0.929. The van der Waals surface area contributed by atoms with Crippen LogP contribution < -0.4 is 4.74 Å². The highest BCUT2D eigenvalue weighted by Gasteiger charge is 1.95. The molecule has 0 aliphatic carbocycles. The van der Waals surface area contributed by atoms with Crippen molar-refractivity contribution in [2.45, 2.75) is 12.8 Å². The molecule has 0 aliphatic heterocycles. The largest absolute Gasteiger partial charge is 0.493 e. The maximum atomic E-state index is 5.69. The van der Waals surface area contributed by atoms with Gasteiger partial charge in [-0.1, -0.05) is 42.5 Å². The molecule has 87 valence electrons. The minimum Gasteiger partial charge on any atom is -0.493 e. The van der Waals surface area contributed by atoms with Crippen LogP contribution in [0.25, 0.3) is 0 Å². The van der Waals surface area contributed by atoms with Crippen LogP contribution in [0.3, 0.4) is 0 Å². The number of benzene rings is 2. The van der Waals surface area contributed by atoms with E-state index in [-0.39, 0.29) is 0 Å². The summed E-state index contributed by atoms with van der Waals surface area (Å²) in [6.45, 7) is 4.56. The minimum atomic E-state index is 0.716. The zero-order valence-corrected chi connectivity index (χ0v) is 9.93. The number of hydrogen-bond donors (Lipinski definition) is 0. The molecule has 17 heavy (non-hydrogen) atoms. The maximum absolute atomic E-state index is 5.69. The lowest BCUT2D eigenvalue weighted by Crippen LogP contribution is -2.01. The van der Waals surface area contributed by atoms with Crippen LogP contribution >= 0.6 is 0 Å². The Balaban J connectivity index is 1.82. The second-order valence-electron chi connectivity index (χ2n) is 3.98. The first-order valence-electron chi connectivity index (χ1n) is 5.93. The third-order valence-corrected chi connectivity index (χ3v) is 2.71. The molecule has 0 fully saturated rings. The van der Waals surface area contributed by atoms with Crippen molar-refractivity contribution in [1.29, 1.82) is 0 Å². The van der Waals surface area contributed by atoms with E-state index in [1.807, 2.05) is 18.2 Å². The van der Waals surface area contributed by atoms with Gasteiger partial charge in [0.05, 0.1) is 6.61 Å². The summed E-state index contributed by atoms with van der Waals surface area (Å²) in [5, 5.41) is 0. The molecular formula is C16H17O. The van der Waals surface area contributed by atoms with E-state index in [1.54, 1.807) is 0 Å². The van der Waals surface area contributed by atoms with Gasteiger partial charge in [0.2, 0.25) is 0 Å². The summed E-state index contributed by atoms with van der Waals surface area (Å²) >= 11 is 0. The van der Waals surface area contributed by atoms with Crippen molar-refractivity contribution in [3.63, 3.8) is 0 Å². The Morgan fingerprint density at radius 2 is 1.53 bits per heavy atom. The molecule has 0 atom stereocenters. The lowest BCUT2D eigenvalue weighted by molar-refractivity contribution is 0.322. The molecule has 0 aliphatic rings. The number of rotatable bonds is 5. The Kier molecular flexibility index (Phi) is 4.20. The van der Waals surface area contributed by atoms with Gasteiger partial charge in [-0.2, -0.15) is 0 Å². The van der Waals surface area contributed by atoms with Crippen molar-refractivity contribution in [2.75, 3.05) is 6.61 Å². The molecule has 2 aromatic carbocycles. The zero-order chi connectivity index (χ0) is 11.9. The van der Waals surface area contributed by atoms with Gasteiger partial charge in [0.15, 0.2) is 0 Å². The molecule has 0 spiro atoms. The molecule has 0 bridgehead atoms. The smallest absolute Gasteiger partial charge is 0.119 e. The highest BCUT2D eigenvalue weighted by Crippen LogP contribution is 2.12. The quantitative estimate of drug-likeness (QED) is 0.754. The molecular weight excluding hydrogens is 208 g/mol. The van der Waals surface area contributed by atoms with E-state index >= 15 is 0 Å². The molecule has 0 amide bonds. The van der Waals surface area contributed by atoms with Gasteiger partial charge in [0.25, 0.3) is 0 Å². The molecule has 2 rings (SSSR count). The third-order valence-electron chi connectivity index (χ3n) is 2.71. The van der Waals surface area contributed by atoms with Gasteiger partial charge in [0, 0.05) is 6.42 Å². The van der Waals surface area contributed by atoms with E-state index in [1.165, 1.54) is 11.1 Å². The van der Waals surface area contributed by atoms with Gasteiger partial charge >= 0.3 is 0 Å². The van der Waals surface area contributed by atoms with E-state index in [0.717, 1.165) is 18.6 Å². The fraction of sp³-hybridized carbons (Fsp3) is 0.188. The molecule has 0 unspecified atom stereocenters. The highest BCUT2D eigenvalue weighted by molar-refractivity contribution is 5.27. The molecule has 0 saturated carbocycles. The lowest BCUT2D eigenvalue weighted by Gasteiger charge is -2.06. The van der Waals surface area contributed by atoms with Crippen LogP contribution in [0.2, 0.25) is 0 Å². The Labute approximate surface area is 103 Å². The SMILES string of the molecule is [CH2]Cc1ccc(OCCc2ccccc2)cc1. The third kappa shape index (κ3) is 3.63. The molecule has 1 heteroatoms. The Hall–Kier alpha value is -1.76. The average Bonchev–Trinajstić information content (AvgIpc) is 2.41. The predicted molar refractivity (Wildman–Crippen MR) is 71.1 cm³/mol. The van der Waals surface area contributed by atoms with E-state index in [4.69, 9.17) is 4.74 Å². The van der Waals surface area contributed by atoms with E-state index in [0.29, 0.717) is 6.61 Å². The van der Waals surface area contributed by atoms with Crippen LogP contribution in [0.5, 0.6) is 5.75 Å². The van der Waals surface area contributed by atoms with Gasteiger partial charge in [-0.25, -0.2) is 0 Å². The van der Waals surface area contributed by atoms with Gasteiger partial charge in [0.1, 0.15) is 5.75 Å². The van der Waals surface area contributed by atoms with Gasteiger partial charge in [-0.15, -0.1) is 0 Å².